The fraction of sp³-hybridized carbons (Fsp3) is 0.438. The zero-order chi connectivity index (χ0) is 19.5. The molecule has 2 N–H and O–H groups in total. The van der Waals surface area contributed by atoms with Gasteiger partial charge in [-0.05, 0) is 18.2 Å². The number of aliphatic carboxylic acids is 1. The van der Waals surface area contributed by atoms with Crippen LogP contribution in [0.15, 0.2) is 24.3 Å². The van der Waals surface area contributed by atoms with Gasteiger partial charge in [-0.3, -0.25) is 9.59 Å². The molecule has 26 heavy (non-hydrogen) atoms. The average Bonchev–Trinajstić information content (AvgIpc) is 2.92. The van der Waals surface area contributed by atoms with E-state index >= 15 is 0 Å². The molecule has 2 rings (SSSR count). The van der Waals surface area contributed by atoms with E-state index in [4.69, 9.17) is 5.11 Å². The molecule has 142 valence electrons. The summed E-state index contributed by atoms with van der Waals surface area (Å²) < 4.78 is 38.4. The summed E-state index contributed by atoms with van der Waals surface area (Å²) in [6.45, 7) is 0.0395. The van der Waals surface area contributed by atoms with Gasteiger partial charge in [0.2, 0.25) is 5.91 Å². The number of anilines is 1. The highest BCUT2D eigenvalue weighted by molar-refractivity contribution is 5.96. The molecule has 1 saturated heterocycles. The largest absolute Gasteiger partial charge is 0.481 e. The third-order valence-corrected chi connectivity index (χ3v) is 3.95. The number of nitrogens with zero attached hydrogens (tertiary/aromatic N) is 2. The number of hydrogen-bond donors (Lipinski definition) is 2. The van der Waals surface area contributed by atoms with Crippen LogP contribution in [-0.2, 0) is 15.8 Å². The van der Waals surface area contributed by atoms with Crippen molar-refractivity contribution in [1.82, 2.24) is 10.2 Å². The minimum Gasteiger partial charge on any atom is -0.481 e. The van der Waals surface area contributed by atoms with Crippen molar-refractivity contribution < 1.29 is 32.7 Å². The molecule has 1 atom stereocenters. The first kappa shape index (κ1) is 19.5. The third-order valence-electron chi connectivity index (χ3n) is 3.95. The third kappa shape index (κ3) is 4.87. The molecule has 1 aromatic rings. The second kappa shape index (κ2) is 7.63. The lowest BCUT2D eigenvalue weighted by atomic mass is 10.2. The molecule has 1 aromatic carbocycles. The lowest BCUT2D eigenvalue weighted by Crippen LogP contribution is -2.44. The first-order chi connectivity index (χ1) is 12.1. The predicted molar refractivity (Wildman–Crippen MR) is 85.6 cm³/mol. The molecule has 7 nitrogen and oxygen atoms in total. The summed E-state index contributed by atoms with van der Waals surface area (Å²) in [5, 5.41) is 11.2. The molecular weight excluding hydrogens is 355 g/mol. The van der Waals surface area contributed by atoms with Crippen molar-refractivity contribution in [1.29, 1.82) is 0 Å². The van der Waals surface area contributed by atoms with Gasteiger partial charge in [-0.15, -0.1) is 0 Å². The zero-order valence-corrected chi connectivity index (χ0v) is 13.9. The SMILES string of the molecule is CN(CCC(=O)O)C(=O)NC1CC(=O)N(c2cccc(C(F)(F)F)c2)C1. The fourth-order valence-corrected chi connectivity index (χ4v) is 2.55. The average molecular weight is 373 g/mol. The maximum atomic E-state index is 12.8. The topological polar surface area (TPSA) is 90.0 Å². The monoisotopic (exact) mass is 373 g/mol. The van der Waals surface area contributed by atoms with Crippen molar-refractivity contribution in [3.05, 3.63) is 29.8 Å². The van der Waals surface area contributed by atoms with Gasteiger partial charge >= 0.3 is 18.2 Å². The van der Waals surface area contributed by atoms with Crippen LogP contribution in [0, 0.1) is 0 Å². The van der Waals surface area contributed by atoms with Gasteiger partial charge in [0.05, 0.1) is 18.0 Å². The first-order valence-electron chi connectivity index (χ1n) is 7.79. The van der Waals surface area contributed by atoms with E-state index < -0.39 is 35.7 Å². The van der Waals surface area contributed by atoms with Gasteiger partial charge < -0.3 is 20.2 Å². The Morgan fingerprint density at radius 2 is 2.08 bits per heavy atom. The lowest BCUT2D eigenvalue weighted by molar-refractivity contribution is -0.138. The summed E-state index contributed by atoms with van der Waals surface area (Å²) >= 11 is 0. The van der Waals surface area contributed by atoms with Crippen LogP contribution >= 0.6 is 0 Å². The molecule has 10 heteroatoms. The van der Waals surface area contributed by atoms with Gasteiger partial charge in [0, 0.05) is 32.2 Å². The lowest BCUT2D eigenvalue weighted by Gasteiger charge is -2.21. The standard InChI is InChI=1S/C16H18F3N3O4/c1-21(6-5-14(24)25)15(26)20-11-8-13(23)22(9-11)12-4-2-3-10(7-12)16(17,18)19/h2-4,7,11H,5-6,8-9H2,1H3,(H,20,26)(H,24,25). The van der Waals surface area contributed by atoms with Crippen LogP contribution in [0.1, 0.15) is 18.4 Å². The molecule has 0 bridgehead atoms. The maximum Gasteiger partial charge on any atom is 0.416 e. The van der Waals surface area contributed by atoms with Crippen LogP contribution in [0.4, 0.5) is 23.7 Å². The molecular formula is C16H18F3N3O4. The number of nitrogens with one attached hydrogen (secondary N) is 1. The van der Waals surface area contributed by atoms with Gasteiger partial charge in [-0.2, -0.15) is 13.2 Å². The molecule has 0 aliphatic carbocycles. The molecule has 0 aromatic heterocycles. The minimum absolute atomic E-state index is 0.000818. The highest BCUT2D eigenvalue weighted by atomic mass is 19.4. The molecule has 0 radical (unpaired) electrons. The smallest absolute Gasteiger partial charge is 0.416 e. The van der Waals surface area contributed by atoms with Crippen LogP contribution in [0.2, 0.25) is 0 Å². The Hall–Kier alpha value is -2.78. The number of carboxylic acid groups (broad SMARTS) is 1. The summed E-state index contributed by atoms with van der Waals surface area (Å²) in [6, 6.07) is 3.31. The van der Waals surface area contributed by atoms with E-state index in [0.29, 0.717) is 0 Å². The Kier molecular flexibility index (Phi) is 5.73. The van der Waals surface area contributed by atoms with Crippen molar-refractivity contribution in [3.63, 3.8) is 0 Å². The Morgan fingerprint density at radius 3 is 2.69 bits per heavy atom. The second-order valence-corrected chi connectivity index (χ2v) is 5.97. The zero-order valence-electron chi connectivity index (χ0n) is 13.9. The highest BCUT2D eigenvalue weighted by Gasteiger charge is 2.35. The van der Waals surface area contributed by atoms with E-state index in [1.54, 1.807) is 0 Å². The maximum absolute atomic E-state index is 12.8. The summed E-state index contributed by atoms with van der Waals surface area (Å²) in [6.07, 6.45) is -4.78. The van der Waals surface area contributed by atoms with Gasteiger partial charge in [-0.1, -0.05) is 6.07 Å². The summed E-state index contributed by atoms with van der Waals surface area (Å²) in [5.41, 5.74) is -0.746. The number of carbonyl (C=O) groups is 3. The second-order valence-electron chi connectivity index (χ2n) is 5.97. The van der Waals surface area contributed by atoms with Crippen molar-refractivity contribution in [2.45, 2.75) is 25.1 Å². The Balaban J connectivity index is 2.00. The van der Waals surface area contributed by atoms with Crippen molar-refractivity contribution in [2.75, 3.05) is 25.0 Å². The number of halogens is 3. The predicted octanol–water partition coefficient (Wildman–Crippen LogP) is 1.93. The number of benzene rings is 1. The summed E-state index contributed by atoms with van der Waals surface area (Å²) in [5.74, 6) is -1.45. The molecule has 1 unspecified atom stereocenters. The molecule has 1 aliphatic rings. The first-order valence-corrected chi connectivity index (χ1v) is 7.79. The quantitative estimate of drug-likeness (QED) is 0.825. The van der Waals surface area contributed by atoms with Crippen LogP contribution in [0.3, 0.4) is 0 Å². The Morgan fingerprint density at radius 1 is 1.38 bits per heavy atom. The van der Waals surface area contributed by atoms with E-state index in [9.17, 15) is 27.6 Å². The summed E-state index contributed by atoms with van der Waals surface area (Å²) in [7, 11) is 1.42. The number of alkyl halides is 3. The fourth-order valence-electron chi connectivity index (χ4n) is 2.55. The summed E-state index contributed by atoms with van der Waals surface area (Å²) in [4.78, 5) is 37.0. The van der Waals surface area contributed by atoms with E-state index in [0.717, 1.165) is 12.1 Å². The highest BCUT2D eigenvalue weighted by Crippen LogP contribution is 2.32. The van der Waals surface area contributed by atoms with Gasteiger partial charge in [0.1, 0.15) is 0 Å². The van der Waals surface area contributed by atoms with E-state index in [2.05, 4.69) is 5.32 Å². The van der Waals surface area contributed by atoms with Gasteiger partial charge in [-0.25, -0.2) is 4.79 Å². The Labute approximate surface area is 147 Å². The Bertz CT molecular complexity index is 708. The molecule has 3 amide bonds. The molecule has 1 fully saturated rings. The number of carbonyl (C=O) groups excluding carboxylic acids is 2. The van der Waals surface area contributed by atoms with Crippen molar-refractivity contribution >= 4 is 23.6 Å². The molecule has 0 spiro atoms. The number of carboxylic acids is 1. The molecule has 1 aliphatic heterocycles. The van der Waals surface area contributed by atoms with Gasteiger partial charge in [0.25, 0.3) is 0 Å². The number of rotatable bonds is 5. The normalized spacial score (nSPS) is 17.3. The van der Waals surface area contributed by atoms with Crippen LogP contribution in [-0.4, -0.2) is 54.1 Å². The van der Waals surface area contributed by atoms with E-state index in [1.165, 1.54) is 29.0 Å². The van der Waals surface area contributed by atoms with Crippen LogP contribution in [0.5, 0.6) is 0 Å². The van der Waals surface area contributed by atoms with Crippen LogP contribution < -0.4 is 10.2 Å². The van der Waals surface area contributed by atoms with Crippen LogP contribution in [0.25, 0.3) is 0 Å². The van der Waals surface area contributed by atoms with E-state index in [1.807, 2.05) is 0 Å². The van der Waals surface area contributed by atoms with Crippen molar-refractivity contribution in [3.8, 4) is 0 Å². The minimum atomic E-state index is -4.51. The van der Waals surface area contributed by atoms with E-state index in [-0.39, 0.29) is 31.6 Å². The molecule has 0 saturated carbocycles. The number of hydrogen-bond acceptors (Lipinski definition) is 3. The van der Waals surface area contributed by atoms with Gasteiger partial charge in [0.15, 0.2) is 0 Å². The van der Waals surface area contributed by atoms with Crippen molar-refractivity contribution in [2.24, 2.45) is 0 Å². The number of amides is 3. The number of urea groups is 1. The molecule has 1 heterocycles.